The van der Waals surface area contributed by atoms with E-state index in [1.807, 2.05) is 18.7 Å². The topological polar surface area (TPSA) is 337 Å². The number of primary amides is 1. The summed E-state index contributed by atoms with van der Waals surface area (Å²) in [5, 5.41) is 30.3. The SMILES string of the molecule is CCC(C)C(CC(=O)NO)C(=O)N[C@@H](C)C(=O)N[C@@H](Cc1cnc[nH]1)C(=O)NCC(=O)NCC(=O)N[C@@H](CCCCNC(=O)CCCC[C@@H]1SC[C@@H]2NC(=O)N[C@@H]21)C(N)=O. The molecule has 3 rings (SSSR count). The number of unbranched alkanes of at least 4 members (excludes halogenated alkanes) is 2. The Morgan fingerprint density at radius 1 is 0.867 bits per heavy atom. The molecule has 0 saturated carbocycles. The molecule has 0 radical (unpaired) electrons. The van der Waals surface area contributed by atoms with Gasteiger partial charge >= 0.3 is 6.03 Å². The molecule has 1 aromatic heterocycles. The molecule has 22 nitrogen and oxygen atoms in total. The van der Waals surface area contributed by atoms with Crippen molar-refractivity contribution in [3.63, 3.8) is 0 Å². The molecule has 334 valence electrons. The number of aromatic amines is 1. The van der Waals surface area contributed by atoms with E-state index >= 15 is 0 Å². The standard InChI is InChI=1S/C37H60N12O10S/c1-4-20(2)23(14-29(51)49-59)35(56)44-21(3)34(55)46-25(13-22-15-39-19-43-22)36(57)42-16-30(52)41-17-31(53)45-24(33(38)54)9-7-8-12-40-28(50)11-6-5-10-27-32-26(18-60-27)47-37(58)48-32/h15,19-21,23-27,32,59H,4-14,16-18H2,1-3H3,(H2,38,54)(H,39,43)(H,40,50)(H,41,52)(H,42,57)(H,44,56)(H,45,53)(H,46,55)(H,49,51)(H2,47,48,58)/t20?,21-,23?,24-,25-,26-,27-,32-/m0/s1. The Balaban J connectivity index is 1.35. The number of aromatic nitrogens is 2. The highest BCUT2D eigenvalue weighted by Gasteiger charge is 2.42. The second-order valence-corrected chi connectivity index (χ2v) is 16.3. The van der Waals surface area contributed by atoms with Crippen molar-refractivity contribution in [3.05, 3.63) is 18.2 Å². The number of hydrogen-bond acceptors (Lipinski definition) is 12. The molecule has 0 aliphatic carbocycles. The van der Waals surface area contributed by atoms with E-state index in [0.29, 0.717) is 43.2 Å². The zero-order chi connectivity index (χ0) is 44.2. The maximum atomic E-state index is 13.2. The number of urea groups is 1. The molecule has 2 aliphatic rings. The highest BCUT2D eigenvalue weighted by atomic mass is 32.2. The van der Waals surface area contributed by atoms with Crippen LogP contribution in [0.25, 0.3) is 0 Å². The summed E-state index contributed by atoms with van der Waals surface area (Å²) in [7, 11) is 0. The maximum Gasteiger partial charge on any atom is 0.315 e. The van der Waals surface area contributed by atoms with Crippen LogP contribution >= 0.6 is 11.8 Å². The number of carbonyl (C=O) groups excluding carboxylic acids is 9. The van der Waals surface area contributed by atoms with E-state index in [1.54, 1.807) is 6.92 Å². The van der Waals surface area contributed by atoms with Crippen molar-refractivity contribution >= 4 is 65.1 Å². The fourth-order valence-electron chi connectivity index (χ4n) is 6.72. The lowest BCUT2D eigenvalue weighted by molar-refractivity contribution is -0.137. The average Bonchev–Trinajstić information content (AvgIpc) is 3.96. The number of amides is 10. The van der Waals surface area contributed by atoms with Gasteiger partial charge in [-0.25, -0.2) is 15.3 Å². The minimum absolute atomic E-state index is 0.0577. The summed E-state index contributed by atoms with van der Waals surface area (Å²) in [6.45, 7) is 4.27. The summed E-state index contributed by atoms with van der Waals surface area (Å²) < 4.78 is 0. The van der Waals surface area contributed by atoms with E-state index in [1.165, 1.54) is 24.9 Å². The van der Waals surface area contributed by atoms with Gasteiger partial charge in [-0.05, 0) is 44.9 Å². The van der Waals surface area contributed by atoms with Crippen molar-refractivity contribution in [1.82, 2.24) is 58.0 Å². The van der Waals surface area contributed by atoms with Crippen LogP contribution in [0, 0.1) is 11.8 Å². The second-order valence-electron chi connectivity index (χ2n) is 15.0. The van der Waals surface area contributed by atoms with Crippen LogP contribution in [0.15, 0.2) is 12.5 Å². The number of nitrogens with zero attached hydrogens (tertiary/aromatic N) is 1. The lowest BCUT2D eigenvalue weighted by Crippen LogP contribution is -2.55. The van der Waals surface area contributed by atoms with Crippen LogP contribution in [0.3, 0.4) is 0 Å². The average molecular weight is 865 g/mol. The van der Waals surface area contributed by atoms with E-state index in [0.717, 1.165) is 25.0 Å². The first-order chi connectivity index (χ1) is 28.6. The Bertz CT molecular complexity index is 1650. The Morgan fingerprint density at radius 3 is 2.30 bits per heavy atom. The molecule has 23 heteroatoms. The number of nitrogens with two attached hydrogens (primary N) is 1. The Morgan fingerprint density at radius 2 is 1.62 bits per heavy atom. The van der Waals surface area contributed by atoms with Crippen LogP contribution in [-0.2, 0) is 44.8 Å². The van der Waals surface area contributed by atoms with Gasteiger partial charge in [0.15, 0.2) is 0 Å². The first kappa shape index (κ1) is 48.9. The Hall–Kier alpha value is -5.45. The van der Waals surface area contributed by atoms with Gasteiger partial charge in [0.05, 0.1) is 31.5 Å². The molecule has 0 spiro atoms. The summed E-state index contributed by atoms with van der Waals surface area (Å²) in [4.78, 5) is 119. The normalized spacial score (nSPS) is 19.1. The van der Waals surface area contributed by atoms with Crippen molar-refractivity contribution in [2.24, 2.45) is 17.6 Å². The molecule has 60 heavy (non-hydrogen) atoms. The number of H-pyrrole nitrogens is 1. The van der Waals surface area contributed by atoms with E-state index in [-0.39, 0.29) is 49.2 Å². The first-order valence-electron chi connectivity index (χ1n) is 20.2. The van der Waals surface area contributed by atoms with E-state index in [2.05, 4.69) is 52.5 Å². The second kappa shape index (κ2) is 25.2. The summed E-state index contributed by atoms with van der Waals surface area (Å²) in [5.41, 5.74) is 7.46. The van der Waals surface area contributed by atoms with Crippen LogP contribution in [0.2, 0.25) is 0 Å². The molecule has 10 amide bonds. The molecular weight excluding hydrogens is 805 g/mol. The third kappa shape index (κ3) is 16.7. The van der Waals surface area contributed by atoms with Gasteiger partial charge in [-0.15, -0.1) is 0 Å². The van der Waals surface area contributed by atoms with Gasteiger partial charge in [-0.2, -0.15) is 11.8 Å². The number of fused-ring (bicyclic) bond motifs is 1. The predicted molar refractivity (Wildman–Crippen MR) is 217 cm³/mol. The molecule has 2 aliphatic heterocycles. The molecule has 0 aromatic carbocycles. The van der Waals surface area contributed by atoms with Gasteiger partial charge in [0, 0.05) is 54.6 Å². The predicted octanol–water partition coefficient (Wildman–Crippen LogP) is -2.29. The summed E-state index contributed by atoms with van der Waals surface area (Å²) in [6, 6.07) is -3.19. The summed E-state index contributed by atoms with van der Waals surface area (Å²) in [5.74, 6) is -5.33. The molecular formula is C37H60N12O10S. The minimum Gasteiger partial charge on any atom is -0.368 e. The molecule has 3 heterocycles. The molecule has 13 N–H and O–H groups in total. The smallest absolute Gasteiger partial charge is 0.315 e. The van der Waals surface area contributed by atoms with Crippen LogP contribution < -0.4 is 53.7 Å². The van der Waals surface area contributed by atoms with Crippen LogP contribution in [0.4, 0.5) is 4.79 Å². The molecule has 2 saturated heterocycles. The fourth-order valence-corrected chi connectivity index (χ4v) is 8.26. The van der Waals surface area contributed by atoms with Gasteiger partial charge in [0.1, 0.15) is 18.1 Å². The van der Waals surface area contributed by atoms with Crippen molar-refractivity contribution < 1.29 is 48.4 Å². The van der Waals surface area contributed by atoms with Gasteiger partial charge in [0.2, 0.25) is 47.3 Å². The number of rotatable bonds is 27. The fraction of sp³-hybridized carbons (Fsp3) is 0.676. The van der Waals surface area contributed by atoms with Gasteiger partial charge in [-0.1, -0.05) is 26.7 Å². The largest absolute Gasteiger partial charge is 0.368 e. The van der Waals surface area contributed by atoms with Crippen molar-refractivity contribution in [1.29, 1.82) is 0 Å². The van der Waals surface area contributed by atoms with Gasteiger partial charge < -0.3 is 53.3 Å². The lowest BCUT2D eigenvalue weighted by Gasteiger charge is -2.25. The van der Waals surface area contributed by atoms with Crippen molar-refractivity contribution in [2.75, 3.05) is 25.4 Å². The van der Waals surface area contributed by atoms with Crippen molar-refractivity contribution in [2.45, 2.75) is 120 Å². The first-order valence-corrected chi connectivity index (χ1v) is 21.3. The van der Waals surface area contributed by atoms with Crippen LogP contribution in [-0.4, -0.2) is 129 Å². The van der Waals surface area contributed by atoms with E-state index in [9.17, 15) is 43.2 Å². The molecule has 1 aromatic rings. The van der Waals surface area contributed by atoms with Crippen LogP contribution in [0.5, 0.6) is 0 Å². The third-order valence-corrected chi connectivity index (χ3v) is 11.9. The monoisotopic (exact) mass is 864 g/mol. The summed E-state index contributed by atoms with van der Waals surface area (Å²) in [6.07, 6.45) is 7.11. The number of carbonyl (C=O) groups is 9. The minimum atomic E-state index is -1.22. The molecule has 2 fully saturated rings. The molecule has 0 bridgehead atoms. The number of imidazole rings is 1. The zero-order valence-corrected chi connectivity index (χ0v) is 35.0. The highest BCUT2D eigenvalue weighted by molar-refractivity contribution is 8.00. The van der Waals surface area contributed by atoms with E-state index in [4.69, 9.17) is 10.9 Å². The number of hydrogen-bond donors (Lipinski definition) is 12. The Kier molecular flexibility index (Phi) is 20.6. The van der Waals surface area contributed by atoms with Gasteiger partial charge in [0.25, 0.3) is 0 Å². The number of nitrogens with one attached hydrogen (secondary N) is 10. The molecule has 2 unspecified atom stereocenters. The van der Waals surface area contributed by atoms with Crippen molar-refractivity contribution in [3.8, 4) is 0 Å². The Labute approximate surface area is 352 Å². The quantitative estimate of drug-likeness (QED) is 0.0193. The number of hydroxylamine groups is 1. The highest BCUT2D eigenvalue weighted by Crippen LogP contribution is 2.33. The molecule has 8 atom stereocenters. The van der Waals surface area contributed by atoms with E-state index < -0.39 is 78.5 Å². The maximum absolute atomic E-state index is 13.2. The van der Waals surface area contributed by atoms with Crippen LogP contribution in [0.1, 0.15) is 84.3 Å². The van der Waals surface area contributed by atoms with Gasteiger partial charge in [-0.3, -0.25) is 43.6 Å². The number of thioether (sulfide) groups is 1. The third-order valence-electron chi connectivity index (χ3n) is 10.4. The zero-order valence-electron chi connectivity index (χ0n) is 34.2. The summed E-state index contributed by atoms with van der Waals surface area (Å²) >= 11 is 1.83. The lowest BCUT2D eigenvalue weighted by atomic mass is 9.87.